The van der Waals surface area contributed by atoms with Crippen LogP contribution in [0.3, 0.4) is 0 Å². The first-order valence-electron chi connectivity index (χ1n) is 5.77. The molecule has 18 heavy (non-hydrogen) atoms. The van der Waals surface area contributed by atoms with Crippen molar-refractivity contribution in [3.63, 3.8) is 0 Å². The molecule has 0 saturated carbocycles. The molecule has 0 aliphatic carbocycles. The van der Waals surface area contributed by atoms with Crippen molar-refractivity contribution in [3.8, 4) is 0 Å². The van der Waals surface area contributed by atoms with E-state index in [4.69, 9.17) is 4.74 Å². The fraction of sp³-hybridized carbons (Fsp3) is 0.385. The number of imide groups is 1. The maximum Gasteiger partial charge on any atom is 0.261 e. The molecule has 0 aromatic heterocycles. The lowest BCUT2D eigenvalue weighted by Crippen LogP contribution is -2.33. The largest absolute Gasteiger partial charge is 0.391 e. The number of nitrogens with zero attached hydrogens (tertiary/aromatic N) is 1. The summed E-state index contributed by atoms with van der Waals surface area (Å²) in [6.07, 6.45) is -0.349. The van der Waals surface area contributed by atoms with E-state index in [1.165, 1.54) is 12.0 Å². The van der Waals surface area contributed by atoms with E-state index < -0.39 is 6.10 Å². The maximum absolute atomic E-state index is 12.0. The number of aliphatic hydroxyl groups is 1. The normalized spacial score (nSPS) is 16.0. The van der Waals surface area contributed by atoms with Crippen LogP contribution < -0.4 is 0 Å². The summed E-state index contributed by atoms with van der Waals surface area (Å²) in [5, 5.41) is 9.52. The van der Waals surface area contributed by atoms with E-state index in [1.807, 2.05) is 0 Å². The SMILES string of the molecule is COCC(O)CCN1C(=O)c2ccccc2C1=O. The summed E-state index contributed by atoms with van der Waals surface area (Å²) in [6.45, 7) is 0.403. The molecule has 1 atom stereocenters. The fourth-order valence-corrected chi connectivity index (χ4v) is 2.00. The van der Waals surface area contributed by atoms with Gasteiger partial charge in [0.1, 0.15) is 0 Å². The van der Waals surface area contributed by atoms with E-state index in [9.17, 15) is 14.7 Å². The van der Waals surface area contributed by atoms with Gasteiger partial charge in [-0.25, -0.2) is 0 Å². The Balaban J connectivity index is 2.05. The smallest absolute Gasteiger partial charge is 0.261 e. The molecule has 0 radical (unpaired) electrons. The highest BCUT2D eigenvalue weighted by atomic mass is 16.5. The summed E-state index contributed by atoms with van der Waals surface area (Å²) < 4.78 is 4.80. The zero-order chi connectivity index (χ0) is 13.1. The van der Waals surface area contributed by atoms with Gasteiger partial charge in [-0.2, -0.15) is 0 Å². The van der Waals surface area contributed by atoms with Gasteiger partial charge in [-0.15, -0.1) is 0 Å². The van der Waals surface area contributed by atoms with Gasteiger partial charge >= 0.3 is 0 Å². The number of fused-ring (bicyclic) bond motifs is 1. The minimum Gasteiger partial charge on any atom is -0.391 e. The van der Waals surface area contributed by atoms with Crippen LogP contribution in [0.2, 0.25) is 0 Å². The van der Waals surface area contributed by atoms with Crippen molar-refractivity contribution in [2.24, 2.45) is 0 Å². The second-order valence-electron chi connectivity index (χ2n) is 4.21. The molecule has 2 rings (SSSR count). The Bertz CT molecular complexity index is 437. The van der Waals surface area contributed by atoms with Crippen LogP contribution in [-0.4, -0.2) is 48.2 Å². The van der Waals surface area contributed by atoms with Gasteiger partial charge in [0, 0.05) is 13.7 Å². The van der Waals surface area contributed by atoms with E-state index in [-0.39, 0.29) is 25.0 Å². The number of hydrogen-bond donors (Lipinski definition) is 1. The van der Waals surface area contributed by atoms with Crippen molar-refractivity contribution in [2.45, 2.75) is 12.5 Å². The highest BCUT2D eigenvalue weighted by Gasteiger charge is 2.34. The van der Waals surface area contributed by atoms with Crippen LogP contribution >= 0.6 is 0 Å². The molecule has 96 valence electrons. The van der Waals surface area contributed by atoms with Gasteiger partial charge in [-0.1, -0.05) is 12.1 Å². The van der Waals surface area contributed by atoms with Crippen LogP contribution in [0.1, 0.15) is 27.1 Å². The van der Waals surface area contributed by atoms with E-state index in [0.29, 0.717) is 17.5 Å². The van der Waals surface area contributed by atoms with Crippen LogP contribution in [0, 0.1) is 0 Å². The van der Waals surface area contributed by atoms with E-state index >= 15 is 0 Å². The summed E-state index contributed by atoms with van der Waals surface area (Å²) in [5.74, 6) is -0.583. The van der Waals surface area contributed by atoms with Crippen molar-refractivity contribution >= 4 is 11.8 Å². The summed E-state index contributed by atoms with van der Waals surface area (Å²) in [5.41, 5.74) is 0.868. The van der Waals surface area contributed by atoms with Gasteiger partial charge in [0.25, 0.3) is 11.8 Å². The Morgan fingerprint density at radius 2 is 1.78 bits per heavy atom. The van der Waals surface area contributed by atoms with Crippen molar-refractivity contribution in [1.29, 1.82) is 0 Å². The quantitative estimate of drug-likeness (QED) is 0.779. The number of amides is 2. The molecule has 5 nitrogen and oxygen atoms in total. The molecule has 1 aliphatic heterocycles. The third-order valence-electron chi connectivity index (χ3n) is 2.92. The molecule has 1 N–H and O–H groups in total. The van der Waals surface area contributed by atoms with Crippen LogP contribution in [0.25, 0.3) is 0 Å². The molecule has 0 fully saturated rings. The average Bonchev–Trinajstić information content (AvgIpc) is 2.61. The number of rotatable bonds is 5. The molecule has 5 heteroatoms. The topological polar surface area (TPSA) is 66.8 Å². The summed E-state index contributed by atoms with van der Waals surface area (Å²) in [6, 6.07) is 6.74. The van der Waals surface area contributed by atoms with Gasteiger partial charge < -0.3 is 9.84 Å². The number of carbonyl (C=O) groups is 2. The van der Waals surface area contributed by atoms with Gasteiger partial charge in [-0.3, -0.25) is 14.5 Å². The third kappa shape index (κ3) is 2.27. The van der Waals surface area contributed by atoms with Crippen molar-refractivity contribution in [2.75, 3.05) is 20.3 Å². The molecule has 0 spiro atoms. The predicted molar refractivity (Wildman–Crippen MR) is 64.3 cm³/mol. The van der Waals surface area contributed by atoms with Gasteiger partial charge in [0.2, 0.25) is 0 Å². The Hall–Kier alpha value is -1.72. The Labute approximate surface area is 105 Å². The first-order valence-corrected chi connectivity index (χ1v) is 5.77. The van der Waals surface area contributed by atoms with Crippen LogP contribution in [0.15, 0.2) is 24.3 Å². The monoisotopic (exact) mass is 249 g/mol. The number of carbonyl (C=O) groups excluding carboxylic acids is 2. The van der Waals surface area contributed by atoms with E-state index in [2.05, 4.69) is 0 Å². The van der Waals surface area contributed by atoms with Gasteiger partial charge in [0.05, 0.1) is 23.8 Å². The van der Waals surface area contributed by atoms with Crippen LogP contribution in [-0.2, 0) is 4.74 Å². The second kappa shape index (κ2) is 5.29. The fourth-order valence-electron chi connectivity index (χ4n) is 2.00. The molecule has 2 amide bonds. The molecular formula is C13H15NO4. The average molecular weight is 249 g/mol. The molecule has 0 bridgehead atoms. The molecular weight excluding hydrogens is 234 g/mol. The molecule has 1 heterocycles. The van der Waals surface area contributed by atoms with E-state index in [0.717, 1.165) is 0 Å². The van der Waals surface area contributed by atoms with Crippen LogP contribution in [0.5, 0.6) is 0 Å². The lowest BCUT2D eigenvalue weighted by atomic mass is 10.1. The summed E-state index contributed by atoms with van der Waals surface area (Å²) in [7, 11) is 1.49. The molecule has 1 aromatic rings. The first kappa shape index (κ1) is 12.7. The number of benzene rings is 1. The zero-order valence-corrected chi connectivity index (χ0v) is 10.1. The lowest BCUT2D eigenvalue weighted by Gasteiger charge is -2.16. The highest BCUT2D eigenvalue weighted by molar-refractivity contribution is 6.21. The number of methoxy groups -OCH3 is 1. The lowest BCUT2D eigenvalue weighted by molar-refractivity contribution is 0.0459. The molecule has 0 saturated heterocycles. The molecule has 1 aromatic carbocycles. The third-order valence-corrected chi connectivity index (χ3v) is 2.92. The summed E-state index contributed by atoms with van der Waals surface area (Å²) in [4.78, 5) is 25.1. The Morgan fingerprint density at radius 1 is 1.22 bits per heavy atom. The van der Waals surface area contributed by atoms with Crippen LogP contribution in [0.4, 0.5) is 0 Å². The highest BCUT2D eigenvalue weighted by Crippen LogP contribution is 2.22. The number of hydrogen-bond acceptors (Lipinski definition) is 4. The minimum absolute atomic E-state index is 0.198. The Morgan fingerprint density at radius 3 is 2.28 bits per heavy atom. The van der Waals surface area contributed by atoms with Gasteiger partial charge in [0.15, 0.2) is 0 Å². The minimum atomic E-state index is -0.667. The standard InChI is InChI=1S/C13H15NO4/c1-18-8-9(15)6-7-14-12(16)10-4-2-3-5-11(10)13(14)17/h2-5,9,15H,6-8H2,1H3. The summed E-state index contributed by atoms with van der Waals surface area (Å²) >= 11 is 0. The maximum atomic E-state index is 12.0. The second-order valence-corrected chi connectivity index (χ2v) is 4.21. The van der Waals surface area contributed by atoms with E-state index in [1.54, 1.807) is 24.3 Å². The van der Waals surface area contributed by atoms with Gasteiger partial charge in [-0.05, 0) is 18.6 Å². The Kier molecular flexibility index (Phi) is 3.74. The number of aliphatic hydroxyl groups excluding tert-OH is 1. The van der Waals surface area contributed by atoms with Crippen molar-refractivity contribution in [3.05, 3.63) is 35.4 Å². The number of ether oxygens (including phenoxy) is 1. The zero-order valence-electron chi connectivity index (χ0n) is 10.1. The first-order chi connectivity index (χ1) is 8.65. The predicted octanol–water partition coefficient (Wildman–Crippen LogP) is 0.680. The van der Waals surface area contributed by atoms with Crippen molar-refractivity contribution in [1.82, 2.24) is 4.90 Å². The van der Waals surface area contributed by atoms with Crippen molar-refractivity contribution < 1.29 is 19.4 Å². The molecule has 1 aliphatic rings. The molecule has 1 unspecified atom stereocenters.